The number of likely N-dealkylation sites (tertiary alicyclic amines) is 3. The Balaban J connectivity index is 0.00000297. The van der Waals surface area contributed by atoms with Crippen LogP contribution in [0.5, 0.6) is 0 Å². The zero-order valence-corrected chi connectivity index (χ0v) is 35.9. The summed E-state index contributed by atoms with van der Waals surface area (Å²) in [6.45, 7) is 11.7. The summed E-state index contributed by atoms with van der Waals surface area (Å²) in [4.78, 5) is 85.3. The van der Waals surface area contributed by atoms with Gasteiger partial charge in [0.2, 0.25) is 5.91 Å². The number of ether oxygens (including phenoxy) is 2. The molecule has 326 valence electrons. The maximum absolute atomic E-state index is 14.3. The molecule has 4 aliphatic rings. The number of aromatic nitrogens is 1. The van der Waals surface area contributed by atoms with Gasteiger partial charge in [0.1, 0.15) is 0 Å². The van der Waals surface area contributed by atoms with Gasteiger partial charge in [-0.15, -0.1) is 0 Å². The van der Waals surface area contributed by atoms with E-state index in [1.807, 2.05) is 60.9 Å². The molecule has 0 spiro atoms. The van der Waals surface area contributed by atoms with E-state index in [0.717, 1.165) is 54.5 Å². The van der Waals surface area contributed by atoms with Crippen LogP contribution in [0, 0.1) is 18.8 Å². The number of urea groups is 1. The molecule has 3 aromatic rings. The second-order valence-corrected chi connectivity index (χ2v) is 16.2. The fourth-order valence-electron chi connectivity index (χ4n) is 9.40. The van der Waals surface area contributed by atoms with Crippen molar-refractivity contribution in [2.45, 2.75) is 104 Å². The van der Waals surface area contributed by atoms with Gasteiger partial charge in [-0.3, -0.25) is 19.0 Å². The third-order valence-corrected chi connectivity index (χ3v) is 12.6. The molecule has 15 nitrogen and oxygen atoms in total. The van der Waals surface area contributed by atoms with Gasteiger partial charge in [-0.2, -0.15) is 0 Å². The van der Waals surface area contributed by atoms with E-state index in [0.29, 0.717) is 88.2 Å². The van der Waals surface area contributed by atoms with Crippen LogP contribution in [-0.4, -0.2) is 119 Å². The van der Waals surface area contributed by atoms with E-state index in [1.54, 1.807) is 29.8 Å². The predicted octanol–water partition coefficient (Wildman–Crippen LogP) is 5.89. The number of rotatable bonds is 10. The van der Waals surface area contributed by atoms with E-state index in [1.165, 1.54) is 4.57 Å². The van der Waals surface area contributed by atoms with E-state index < -0.39 is 18.0 Å². The number of oxazole rings is 1. The largest absolute Gasteiger partial charge is 0.466 e. The molecule has 2 aromatic carbocycles. The number of nitrogens with one attached hydrogen (secondary N) is 1. The predicted molar refractivity (Wildman–Crippen MR) is 226 cm³/mol. The van der Waals surface area contributed by atoms with Gasteiger partial charge in [-0.1, -0.05) is 38.1 Å². The van der Waals surface area contributed by atoms with Crippen LogP contribution in [0.4, 0.5) is 15.3 Å². The van der Waals surface area contributed by atoms with Crippen LogP contribution in [0.1, 0.15) is 88.8 Å². The van der Waals surface area contributed by atoms with Gasteiger partial charge < -0.3 is 38.8 Å². The van der Waals surface area contributed by atoms with Crippen molar-refractivity contribution in [1.82, 2.24) is 24.2 Å². The van der Waals surface area contributed by atoms with E-state index in [9.17, 15) is 28.8 Å². The molecule has 0 bridgehead atoms. The van der Waals surface area contributed by atoms with Crippen molar-refractivity contribution in [3.63, 3.8) is 0 Å². The zero-order chi connectivity index (χ0) is 42.9. The highest BCUT2D eigenvalue weighted by molar-refractivity contribution is 5.91. The first-order valence-corrected chi connectivity index (χ1v) is 21.9. The van der Waals surface area contributed by atoms with Gasteiger partial charge in [0.25, 0.3) is 5.91 Å². The Morgan fingerprint density at radius 1 is 0.833 bits per heavy atom. The van der Waals surface area contributed by atoms with Crippen molar-refractivity contribution in [3.8, 4) is 0 Å². The molecule has 5 heterocycles. The van der Waals surface area contributed by atoms with E-state index in [-0.39, 0.29) is 49.1 Å². The highest BCUT2D eigenvalue weighted by Crippen LogP contribution is 2.34. The lowest BCUT2D eigenvalue weighted by molar-refractivity contribution is -0.146. The fourth-order valence-corrected chi connectivity index (χ4v) is 9.40. The molecule has 4 aliphatic heterocycles. The van der Waals surface area contributed by atoms with Gasteiger partial charge in [-0.25, -0.2) is 14.4 Å². The molecule has 0 saturated carbocycles. The van der Waals surface area contributed by atoms with Gasteiger partial charge >= 0.3 is 23.8 Å². The summed E-state index contributed by atoms with van der Waals surface area (Å²) in [6, 6.07) is 11.3. The van der Waals surface area contributed by atoms with Crippen molar-refractivity contribution >= 4 is 46.7 Å². The summed E-state index contributed by atoms with van der Waals surface area (Å²) in [5.41, 5.74) is 4.55. The van der Waals surface area contributed by atoms with Crippen molar-refractivity contribution in [2.75, 3.05) is 57.7 Å². The second-order valence-electron chi connectivity index (χ2n) is 16.2. The quantitative estimate of drug-likeness (QED) is 0.246. The Hall–Kier alpha value is -5.34. The lowest BCUT2D eigenvalue weighted by Crippen LogP contribution is -2.52. The van der Waals surface area contributed by atoms with Gasteiger partial charge in [0, 0.05) is 77.4 Å². The Morgan fingerprint density at radius 2 is 1.47 bits per heavy atom. The average Bonchev–Trinajstić information content (AvgIpc) is 3.44. The molecule has 1 atom stereocenters. The molecule has 7 rings (SSSR count). The average molecular weight is 831 g/mol. The van der Waals surface area contributed by atoms with Crippen LogP contribution < -0.4 is 11.1 Å². The highest BCUT2D eigenvalue weighted by atomic mass is 16.6. The summed E-state index contributed by atoms with van der Waals surface area (Å²) in [5, 5.41) is 3.04. The lowest BCUT2D eigenvalue weighted by atomic mass is 9.78. The monoisotopic (exact) mass is 830 g/mol. The van der Waals surface area contributed by atoms with Gasteiger partial charge in [0.15, 0.2) is 11.7 Å². The smallest absolute Gasteiger partial charge is 0.419 e. The van der Waals surface area contributed by atoms with Crippen LogP contribution in [0.2, 0.25) is 0 Å². The van der Waals surface area contributed by atoms with Crippen molar-refractivity contribution in [2.24, 2.45) is 18.9 Å². The van der Waals surface area contributed by atoms with Crippen LogP contribution in [0.25, 0.3) is 11.1 Å². The molecular weight excluding hydrogens is 769 g/mol. The molecule has 60 heavy (non-hydrogen) atoms. The molecule has 0 unspecified atom stereocenters. The molecular formula is C45H62N6O9. The first-order chi connectivity index (χ1) is 29.0. The van der Waals surface area contributed by atoms with Crippen molar-refractivity contribution in [3.05, 3.63) is 63.6 Å². The summed E-state index contributed by atoms with van der Waals surface area (Å²) in [5.74, 6) is -0.247. The minimum atomic E-state index is -1.09. The number of aryl methyl sites for hydroxylation is 2. The SMILES string of the molecule is CC.CCOC(=O)CCC(=O)N1CCC(C2CCN(C(=O)[C@@H](Cc3cc(C)c4c(c3)oc(=O)n4C)OC(=O)N3CCC(N4CCc5ccccc5NC4=O)CC3)CC2)CC1. The van der Waals surface area contributed by atoms with Crippen LogP contribution in [0.15, 0.2) is 45.6 Å². The van der Waals surface area contributed by atoms with E-state index in [4.69, 9.17) is 13.9 Å². The number of esters is 1. The number of fused-ring (bicyclic) bond motifs is 2. The number of hydrogen-bond acceptors (Lipinski definition) is 9. The molecule has 5 amide bonds. The highest BCUT2D eigenvalue weighted by Gasteiger charge is 2.37. The van der Waals surface area contributed by atoms with Gasteiger partial charge in [-0.05, 0) is 99.5 Å². The number of carbonyl (C=O) groups excluding carboxylic acids is 5. The number of benzene rings is 2. The summed E-state index contributed by atoms with van der Waals surface area (Å²) in [6.07, 6.45) is 4.05. The topological polar surface area (TPSA) is 164 Å². The summed E-state index contributed by atoms with van der Waals surface area (Å²) in [7, 11) is 1.65. The second kappa shape index (κ2) is 20.3. The summed E-state index contributed by atoms with van der Waals surface area (Å²) < 4.78 is 18.0. The van der Waals surface area contributed by atoms with Crippen molar-refractivity contribution in [1.29, 1.82) is 0 Å². The van der Waals surface area contributed by atoms with E-state index in [2.05, 4.69) is 5.32 Å². The normalized spacial score (nSPS) is 18.5. The number of carbonyl (C=O) groups is 5. The molecule has 0 radical (unpaired) electrons. The maximum atomic E-state index is 14.3. The molecule has 0 aliphatic carbocycles. The summed E-state index contributed by atoms with van der Waals surface area (Å²) >= 11 is 0. The van der Waals surface area contributed by atoms with E-state index >= 15 is 0 Å². The standard InChI is InChI=1S/C43H56N6O9.C2H6/c1-4-56-38(51)10-9-37(50)46-18-11-30(12-19-46)31-13-20-47(21-14-31)40(52)36(27-29-25-28(2)39-35(26-29)57-42(54)45(39)3)58-43(55)48-22-16-33(17-23-48)49-24-15-32-7-5-6-8-34(32)44-41(49)53;1-2/h5-8,25-26,30-31,33,36H,4,9-24,27H2,1-3H3,(H,44,53);1-2H3/t36-;/m1./s1. The van der Waals surface area contributed by atoms with Crippen molar-refractivity contribution < 1.29 is 37.9 Å². The Morgan fingerprint density at radius 3 is 2.13 bits per heavy atom. The Kier molecular flexibility index (Phi) is 14.9. The minimum Gasteiger partial charge on any atom is -0.466 e. The fraction of sp³-hybridized carbons (Fsp3) is 0.600. The molecule has 1 aromatic heterocycles. The molecule has 3 fully saturated rings. The first-order valence-electron chi connectivity index (χ1n) is 21.9. The van der Waals surface area contributed by atoms with Gasteiger partial charge in [0.05, 0.1) is 18.5 Å². The first kappa shape index (κ1) is 44.2. The zero-order valence-electron chi connectivity index (χ0n) is 35.9. The molecule has 3 saturated heterocycles. The Bertz CT molecular complexity index is 2050. The number of para-hydroxylation sites is 1. The lowest BCUT2D eigenvalue weighted by Gasteiger charge is -2.41. The molecule has 15 heteroatoms. The maximum Gasteiger partial charge on any atom is 0.419 e. The number of hydrogen-bond donors (Lipinski definition) is 1. The van der Waals surface area contributed by atoms with Crippen LogP contribution in [0.3, 0.4) is 0 Å². The Labute approximate surface area is 352 Å². The number of anilines is 1. The third-order valence-electron chi connectivity index (χ3n) is 12.6. The van der Waals surface area contributed by atoms with Crippen LogP contribution in [-0.2, 0) is 43.7 Å². The minimum absolute atomic E-state index is 0.0169. The number of piperidine rings is 3. The number of amides is 5. The third kappa shape index (κ3) is 10.3. The number of nitrogens with zero attached hydrogens (tertiary/aromatic N) is 5. The molecule has 1 N–H and O–H groups in total. The van der Waals surface area contributed by atoms with Crippen LogP contribution >= 0.6 is 0 Å².